The number of allylic oxidation sites excluding steroid dienone is 2. The quantitative estimate of drug-likeness (QED) is 0.833. The highest BCUT2D eigenvalue weighted by atomic mass is 32.2. The third kappa shape index (κ3) is 1.71. The maximum absolute atomic E-state index is 4.53. The number of H-pyrrole nitrogens is 1. The van der Waals surface area contributed by atoms with Crippen molar-refractivity contribution in [2.45, 2.75) is 10.6 Å². The summed E-state index contributed by atoms with van der Waals surface area (Å²) in [5.74, 6) is 0.983. The number of thioether (sulfide) groups is 1. The van der Waals surface area contributed by atoms with Gasteiger partial charge in [-0.05, 0) is 18.3 Å². The van der Waals surface area contributed by atoms with Gasteiger partial charge in [-0.15, -0.1) is 11.8 Å². The molecule has 0 spiro atoms. The van der Waals surface area contributed by atoms with Crippen LogP contribution in [0.1, 0.15) is 11.3 Å². The number of dihydropyridines is 1. The summed E-state index contributed by atoms with van der Waals surface area (Å²) in [5.41, 5.74) is 6.07. The summed E-state index contributed by atoms with van der Waals surface area (Å²) in [6.07, 6.45) is 6.26. The van der Waals surface area contributed by atoms with E-state index in [1.807, 2.05) is 18.0 Å². The number of hydrogen-bond acceptors (Lipinski definition) is 3. The number of aromatic nitrogens is 2. The summed E-state index contributed by atoms with van der Waals surface area (Å²) in [6, 6.07) is 8.51. The standard InChI is InChI=1S/C15H13N3S/c1-2-4-13-11(3-1)15-12(9-19-13)14(17-18-15)10-5-7-16-8-6-10/h1-7,16H,8-9H2,(H,17,18). The highest BCUT2D eigenvalue weighted by molar-refractivity contribution is 7.98. The number of fused-ring (bicyclic) bond motifs is 3. The summed E-state index contributed by atoms with van der Waals surface area (Å²) >= 11 is 1.89. The number of nitrogens with one attached hydrogen (secondary N) is 2. The van der Waals surface area contributed by atoms with Gasteiger partial charge in [0.25, 0.3) is 0 Å². The van der Waals surface area contributed by atoms with Crippen LogP contribution in [0.3, 0.4) is 0 Å². The van der Waals surface area contributed by atoms with Crippen molar-refractivity contribution in [2.75, 3.05) is 6.54 Å². The monoisotopic (exact) mass is 267 g/mol. The Bertz CT molecular complexity index is 697. The van der Waals surface area contributed by atoms with Gasteiger partial charge in [0.15, 0.2) is 0 Å². The van der Waals surface area contributed by atoms with Crippen LogP contribution in [0.5, 0.6) is 0 Å². The van der Waals surface area contributed by atoms with E-state index in [1.54, 1.807) is 0 Å². The molecule has 2 N–H and O–H groups in total. The molecule has 0 bridgehead atoms. The fraction of sp³-hybridized carbons (Fsp3) is 0.133. The molecule has 4 heteroatoms. The van der Waals surface area contributed by atoms with Crippen LogP contribution in [0.25, 0.3) is 16.8 Å². The zero-order chi connectivity index (χ0) is 12.7. The molecule has 19 heavy (non-hydrogen) atoms. The lowest BCUT2D eigenvalue weighted by Crippen LogP contribution is -2.09. The number of benzene rings is 1. The van der Waals surface area contributed by atoms with Crippen LogP contribution in [0.4, 0.5) is 0 Å². The molecule has 0 radical (unpaired) electrons. The van der Waals surface area contributed by atoms with Gasteiger partial charge in [-0.1, -0.05) is 24.3 Å². The SMILES string of the molecule is C1=CC(c2n[nH]c3c2CSc2ccccc2-3)=CCN1. The first-order chi connectivity index (χ1) is 9.43. The van der Waals surface area contributed by atoms with Crippen molar-refractivity contribution in [3.63, 3.8) is 0 Å². The molecule has 0 unspecified atom stereocenters. The number of rotatable bonds is 1. The summed E-state index contributed by atoms with van der Waals surface area (Å²) in [6.45, 7) is 0.872. The Hall–Kier alpha value is -1.94. The topological polar surface area (TPSA) is 40.7 Å². The average molecular weight is 267 g/mol. The van der Waals surface area contributed by atoms with Crippen LogP contribution in [0.15, 0.2) is 47.5 Å². The molecular weight excluding hydrogens is 254 g/mol. The molecule has 2 aliphatic heterocycles. The number of nitrogens with zero attached hydrogens (tertiary/aromatic N) is 1. The average Bonchev–Trinajstić information content (AvgIpc) is 2.92. The molecule has 94 valence electrons. The Morgan fingerprint density at radius 2 is 2.16 bits per heavy atom. The van der Waals surface area contributed by atoms with Crippen molar-refractivity contribution in [3.8, 4) is 11.3 Å². The van der Waals surface area contributed by atoms with Gasteiger partial charge in [0.05, 0.1) is 11.4 Å². The second-order valence-electron chi connectivity index (χ2n) is 4.61. The molecule has 2 aliphatic rings. The molecule has 0 aliphatic carbocycles. The van der Waals surface area contributed by atoms with Gasteiger partial charge in [0, 0.05) is 33.9 Å². The first-order valence-electron chi connectivity index (χ1n) is 6.33. The minimum Gasteiger partial charge on any atom is -0.387 e. The van der Waals surface area contributed by atoms with Gasteiger partial charge < -0.3 is 5.32 Å². The third-order valence-electron chi connectivity index (χ3n) is 3.49. The van der Waals surface area contributed by atoms with Crippen molar-refractivity contribution >= 4 is 17.3 Å². The van der Waals surface area contributed by atoms with Gasteiger partial charge >= 0.3 is 0 Å². The molecular formula is C15H13N3S. The van der Waals surface area contributed by atoms with Crippen molar-refractivity contribution in [3.05, 3.63) is 53.9 Å². The minimum absolute atomic E-state index is 0.872. The van der Waals surface area contributed by atoms with E-state index in [0.717, 1.165) is 18.0 Å². The number of aromatic amines is 1. The number of hydrogen-bond donors (Lipinski definition) is 2. The zero-order valence-electron chi connectivity index (χ0n) is 10.3. The van der Waals surface area contributed by atoms with E-state index in [4.69, 9.17) is 0 Å². The Balaban J connectivity index is 1.86. The molecule has 1 aromatic heterocycles. The lowest BCUT2D eigenvalue weighted by atomic mass is 10.0. The summed E-state index contributed by atoms with van der Waals surface area (Å²) in [5, 5.41) is 10.9. The second kappa shape index (κ2) is 4.31. The highest BCUT2D eigenvalue weighted by Crippen LogP contribution is 2.42. The van der Waals surface area contributed by atoms with Gasteiger partial charge in [0.1, 0.15) is 0 Å². The van der Waals surface area contributed by atoms with Crippen LogP contribution in [0.2, 0.25) is 0 Å². The zero-order valence-corrected chi connectivity index (χ0v) is 11.1. The Kier molecular flexibility index (Phi) is 2.48. The first-order valence-corrected chi connectivity index (χ1v) is 7.32. The van der Waals surface area contributed by atoms with E-state index in [2.05, 4.69) is 51.9 Å². The molecule has 0 atom stereocenters. The maximum Gasteiger partial charge on any atom is 0.0965 e. The fourth-order valence-corrected chi connectivity index (χ4v) is 3.63. The molecule has 0 saturated heterocycles. The molecule has 4 rings (SSSR count). The van der Waals surface area contributed by atoms with E-state index < -0.39 is 0 Å². The lowest BCUT2D eigenvalue weighted by molar-refractivity contribution is 0.971. The first kappa shape index (κ1) is 10.9. The predicted molar refractivity (Wildman–Crippen MR) is 78.7 cm³/mol. The molecule has 2 aromatic rings. The largest absolute Gasteiger partial charge is 0.387 e. The third-order valence-corrected chi connectivity index (χ3v) is 4.59. The summed E-state index contributed by atoms with van der Waals surface area (Å²) in [4.78, 5) is 1.33. The molecule has 0 saturated carbocycles. The van der Waals surface area contributed by atoms with Crippen LogP contribution < -0.4 is 5.32 Å². The minimum atomic E-state index is 0.872. The highest BCUT2D eigenvalue weighted by Gasteiger charge is 2.23. The van der Waals surface area contributed by atoms with Crippen LogP contribution >= 0.6 is 11.8 Å². The van der Waals surface area contributed by atoms with Gasteiger partial charge in [-0.3, -0.25) is 5.10 Å². The Morgan fingerprint density at radius 1 is 1.21 bits per heavy atom. The van der Waals surface area contributed by atoms with Crippen molar-refractivity contribution in [1.82, 2.24) is 15.5 Å². The molecule has 3 heterocycles. The van der Waals surface area contributed by atoms with Crippen LogP contribution in [0, 0.1) is 0 Å². The van der Waals surface area contributed by atoms with Gasteiger partial charge in [-0.2, -0.15) is 5.10 Å². The van der Waals surface area contributed by atoms with Crippen LogP contribution in [-0.2, 0) is 5.75 Å². The molecule has 1 aromatic carbocycles. The van der Waals surface area contributed by atoms with E-state index in [1.165, 1.54) is 27.3 Å². The molecule has 0 amide bonds. The molecule has 3 nitrogen and oxygen atoms in total. The van der Waals surface area contributed by atoms with Crippen LogP contribution in [-0.4, -0.2) is 16.7 Å². The molecule has 0 fully saturated rings. The summed E-state index contributed by atoms with van der Waals surface area (Å²) < 4.78 is 0. The maximum atomic E-state index is 4.53. The van der Waals surface area contributed by atoms with Gasteiger partial charge in [-0.25, -0.2) is 0 Å². The summed E-state index contributed by atoms with van der Waals surface area (Å²) in [7, 11) is 0. The fourth-order valence-electron chi connectivity index (χ4n) is 2.55. The van der Waals surface area contributed by atoms with E-state index in [0.29, 0.717) is 0 Å². The Morgan fingerprint density at radius 3 is 3.05 bits per heavy atom. The lowest BCUT2D eigenvalue weighted by Gasteiger charge is -2.16. The second-order valence-corrected chi connectivity index (χ2v) is 5.63. The predicted octanol–water partition coefficient (Wildman–Crippen LogP) is 3.18. The smallest absolute Gasteiger partial charge is 0.0965 e. The van der Waals surface area contributed by atoms with Crippen molar-refractivity contribution in [2.24, 2.45) is 0 Å². The van der Waals surface area contributed by atoms with E-state index in [-0.39, 0.29) is 0 Å². The van der Waals surface area contributed by atoms with Crippen molar-refractivity contribution < 1.29 is 0 Å². The Labute approximate surface area is 115 Å². The van der Waals surface area contributed by atoms with Crippen molar-refractivity contribution in [1.29, 1.82) is 0 Å². The normalized spacial score (nSPS) is 16.3. The van der Waals surface area contributed by atoms with Gasteiger partial charge in [0.2, 0.25) is 0 Å². The van der Waals surface area contributed by atoms with E-state index >= 15 is 0 Å². The van der Waals surface area contributed by atoms with E-state index in [9.17, 15) is 0 Å².